The zero-order chi connectivity index (χ0) is 18.3. The summed E-state index contributed by atoms with van der Waals surface area (Å²) in [4.78, 5) is 17.9. The van der Waals surface area contributed by atoms with E-state index >= 15 is 0 Å². The Labute approximate surface area is 154 Å². The maximum absolute atomic E-state index is 10.9. The lowest BCUT2D eigenvalue weighted by molar-refractivity contribution is 0.256. The summed E-state index contributed by atoms with van der Waals surface area (Å²) in [6.45, 7) is 3.16. The van der Waals surface area contributed by atoms with Crippen LogP contribution in [0, 0.1) is 0 Å². The van der Waals surface area contributed by atoms with Gasteiger partial charge in [-0.1, -0.05) is 47.3 Å². The van der Waals surface area contributed by atoms with Gasteiger partial charge in [-0.05, 0) is 25.7 Å². The van der Waals surface area contributed by atoms with Crippen molar-refractivity contribution in [1.29, 1.82) is 0 Å². The van der Waals surface area contributed by atoms with E-state index in [2.05, 4.69) is 0 Å². The molecule has 2 atom stereocenters. The molecule has 146 valence electrons. The fraction of sp³-hybridized carbons (Fsp3) is 1.00. The molecule has 0 saturated heterocycles. The van der Waals surface area contributed by atoms with Crippen molar-refractivity contribution in [2.45, 2.75) is 51.4 Å². The Morgan fingerprint density at radius 2 is 1.00 bits per heavy atom. The maximum atomic E-state index is 10.9. The fourth-order valence-electron chi connectivity index (χ4n) is 1.82. The van der Waals surface area contributed by atoms with Crippen LogP contribution in [0.2, 0.25) is 0 Å². The predicted molar refractivity (Wildman–Crippen MR) is 105 cm³/mol. The average Bonchev–Trinajstić information content (AvgIpc) is 2.44. The lowest BCUT2D eigenvalue weighted by Crippen LogP contribution is -1.92. The molecule has 0 rings (SSSR count). The molecule has 0 heterocycles. The molecule has 10 heteroatoms. The SMILES string of the molecule is CP(=O)(O)OCCCCCCSSCCCCCCOP(C)(=O)O. The van der Waals surface area contributed by atoms with Crippen LogP contribution in [0.5, 0.6) is 0 Å². The maximum Gasteiger partial charge on any atom is 0.325 e. The molecule has 0 fully saturated rings. The third kappa shape index (κ3) is 23.0. The number of unbranched alkanes of at least 4 members (excludes halogenated alkanes) is 6. The van der Waals surface area contributed by atoms with E-state index in [9.17, 15) is 9.13 Å². The van der Waals surface area contributed by atoms with Crippen LogP contribution < -0.4 is 0 Å². The zero-order valence-corrected chi connectivity index (χ0v) is 18.1. The first-order valence-electron chi connectivity index (χ1n) is 8.35. The first-order chi connectivity index (χ1) is 11.2. The van der Waals surface area contributed by atoms with Crippen molar-refractivity contribution in [1.82, 2.24) is 0 Å². The molecule has 2 N–H and O–H groups in total. The van der Waals surface area contributed by atoms with Crippen molar-refractivity contribution < 1.29 is 28.0 Å². The van der Waals surface area contributed by atoms with E-state index in [0.29, 0.717) is 13.2 Å². The summed E-state index contributed by atoms with van der Waals surface area (Å²) in [5.41, 5.74) is 0. The minimum absolute atomic E-state index is 0.366. The van der Waals surface area contributed by atoms with Crippen LogP contribution in [0.15, 0.2) is 0 Å². The largest absolute Gasteiger partial charge is 0.325 e. The molecule has 0 spiro atoms. The van der Waals surface area contributed by atoms with Crippen molar-refractivity contribution in [2.75, 3.05) is 38.0 Å². The minimum atomic E-state index is -3.30. The lowest BCUT2D eigenvalue weighted by atomic mass is 10.2. The first-order valence-corrected chi connectivity index (χ1v) is 14.9. The molecule has 0 saturated carbocycles. The van der Waals surface area contributed by atoms with Gasteiger partial charge < -0.3 is 18.8 Å². The Kier molecular flexibility index (Phi) is 15.7. The smallest absolute Gasteiger partial charge is 0.324 e. The molecule has 0 bridgehead atoms. The van der Waals surface area contributed by atoms with Gasteiger partial charge in [0, 0.05) is 24.8 Å². The monoisotopic (exact) mass is 422 g/mol. The van der Waals surface area contributed by atoms with E-state index in [1.165, 1.54) is 13.3 Å². The molecule has 2 unspecified atom stereocenters. The predicted octanol–water partition coefficient (Wildman–Crippen LogP) is 5.15. The van der Waals surface area contributed by atoms with E-state index < -0.39 is 15.2 Å². The van der Waals surface area contributed by atoms with Crippen LogP contribution in [-0.4, -0.2) is 47.8 Å². The zero-order valence-electron chi connectivity index (χ0n) is 14.7. The fourth-order valence-corrected chi connectivity index (χ4v) is 5.05. The van der Waals surface area contributed by atoms with Gasteiger partial charge in [-0.25, -0.2) is 0 Å². The molecule has 0 aromatic heterocycles. The van der Waals surface area contributed by atoms with E-state index in [-0.39, 0.29) is 0 Å². The Morgan fingerprint density at radius 1 is 0.667 bits per heavy atom. The molecule has 0 aromatic rings. The van der Waals surface area contributed by atoms with Gasteiger partial charge in [0.1, 0.15) is 0 Å². The van der Waals surface area contributed by atoms with Gasteiger partial charge in [-0.15, -0.1) is 0 Å². The molecule has 0 aliphatic carbocycles. The van der Waals surface area contributed by atoms with Crippen LogP contribution in [0.25, 0.3) is 0 Å². The number of hydrogen-bond acceptors (Lipinski definition) is 6. The topological polar surface area (TPSA) is 93.1 Å². The molecular weight excluding hydrogens is 390 g/mol. The van der Waals surface area contributed by atoms with Gasteiger partial charge >= 0.3 is 15.2 Å². The van der Waals surface area contributed by atoms with Crippen molar-refractivity contribution in [3.8, 4) is 0 Å². The minimum Gasteiger partial charge on any atom is -0.324 e. The molecule has 0 aromatic carbocycles. The molecule has 24 heavy (non-hydrogen) atoms. The Morgan fingerprint density at radius 3 is 1.33 bits per heavy atom. The van der Waals surface area contributed by atoms with Crippen LogP contribution in [0.4, 0.5) is 0 Å². The molecule has 6 nitrogen and oxygen atoms in total. The van der Waals surface area contributed by atoms with Crippen LogP contribution in [0.3, 0.4) is 0 Å². The summed E-state index contributed by atoms with van der Waals surface area (Å²) in [6.07, 6.45) is 8.32. The highest BCUT2D eigenvalue weighted by Crippen LogP contribution is 2.37. The standard InChI is InChI=1S/C14H32O6P2S2/c1-21(15,16)19-11-7-3-5-9-13-23-24-14-10-6-4-8-12-20-22(2,17)18/h3-14H2,1-2H3,(H,15,16)(H,17,18). The molecule has 0 radical (unpaired) electrons. The Balaban J connectivity index is 3.10. The second-order valence-electron chi connectivity index (χ2n) is 5.74. The first kappa shape index (κ1) is 25.0. The third-order valence-corrected chi connectivity index (χ3v) is 6.89. The van der Waals surface area contributed by atoms with Crippen LogP contribution >= 0.6 is 36.8 Å². The molecule has 0 aliphatic rings. The van der Waals surface area contributed by atoms with E-state index in [0.717, 1.165) is 62.9 Å². The van der Waals surface area contributed by atoms with E-state index in [1.54, 1.807) is 0 Å². The summed E-state index contributed by atoms with van der Waals surface area (Å²) in [5, 5.41) is 0. The van der Waals surface area contributed by atoms with Gasteiger partial charge in [0.2, 0.25) is 0 Å². The van der Waals surface area contributed by atoms with Crippen LogP contribution in [0.1, 0.15) is 51.4 Å². The number of hydrogen-bond donors (Lipinski definition) is 2. The Bertz CT molecular complexity index is 349. The van der Waals surface area contributed by atoms with E-state index in [4.69, 9.17) is 18.8 Å². The van der Waals surface area contributed by atoms with Crippen molar-refractivity contribution in [2.24, 2.45) is 0 Å². The Hall–Kier alpha value is 1.000. The van der Waals surface area contributed by atoms with Crippen molar-refractivity contribution in [3.63, 3.8) is 0 Å². The summed E-state index contributed by atoms with van der Waals surface area (Å²) >= 11 is 0. The summed E-state index contributed by atoms with van der Waals surface area (Å²) in [7, 11) is -2.80. The summed E-state index contributed by atoms with van der Waals surface area (Å²) < 4.78 is 31.4. The molecule has 0 amide bonds. The number of rotatable bonds is 17. The highest BCUT2D eigenvalue weighted by molar-refractivity contribution is 8.76. The third-order valence-electron chi connectivity index (χ3n) is 2.99. The normalized spacial score (nSPS) is 16.7. The van der Waals surface area contributed by atoms with Crippen molar-refractivity contribution in [3.05, 3.63) is 0 Å². The van der Waals surface area contributed by atoms with Gasteiger partial charge in [-0.3, -0.25) is 9.13 Å². The summed E-state index contributed by atoms with van der Waals surface area (Å²) in [6, 6.07) is 0. The molecular formula is C14H32O6P2S2. The van der Waals surface area contributed by atoms with Gasteiger partial charge in [0.25, 0.3) is 0 Å². The van der Waals surface area contributed by atoms with Crippen molar-refractivity contribution >= 4 is 36.8 Å². The second-order valence-corrected chi connectivity index (χ2v) is 12.2. The summed E-state index contributed by atoms with van der Waals surface area (Å²) in [5.74, 6) is 2.27. The average molecular weight is 422 g/mol. The lowest BCUT2D eigenvalue weighted by Gasteiger charge is -2.06. The highest BCUT2D eigenvalue weighted by atomic mass is 33.1. The quantitative estimate of drug-likeness (QED) is 0.189. The van der Waals surface area contributed by atoms with Gasteiger partial charge in [-0.2, -0.15) is 0 Å². The second kappa shape index (κ2) is 15.1. The van der Waals surface area contributed by atoms with Crippen LogP contribution in [-0.2, 0) is 18.2 Å². The van der Waals surface area contributed by atoms with Gasteiger partial charge in [0.05, 0.1) is 13.2 Å². The molecule has 0 aliphatic heterocycles. The van der Waals surface area contributed by atoms with E-state index in [1.807, 2.05) is 21.6 Å². The van der Waals surface area contributed by atoms with Gasteiger partial charge in [0.15, 0.2) is 0 Å². The highest BCUT2D eigenvalue weighted by Gasteiger charge is 2.09.